The summed E-state index contributed by atoms with van der Waals surface area (Å²) >= 11 is 0. The van der Waals surface area contributed by atoms with Gasteiger partial charge in [-0.05, 0) is 25.0 Å². The van der Waals surface area contributed by atoms with Gasteiger partial charge in [-0.3, -0.25) is 4.79 Å². The van der Waals surface area contributed by atoms with Crippen molar-refractivity contribution in [3.63, 3.8) is 0 Å². The second-order valence-electron chi connectivity index (χ2n) is 5.26. The predicted octanol–water partition coefficient (Wildman–Crippen LogP) is 2.68. The Labute approximate surface area is 122 Å². The fraction of sp³-hybridized carbons (Fsp3) is 0.533. The van der Waals surface area contributed by atoms with Gasteiger partial charge in [-0.2, -0.15) is 8.78 Å². The van der Waals surface area contributed by atoms with Crippen LogP contribution in [0, 0.1) is 0 Å². The lowest BCUT2D eigenvalue weighted by atomic mass is 10.0. The maximum absolute atomic E-state index is 12.4. The van der Waals surface area contributed by atoms with Gasteiger partial charge in [0.1, 0.15) is 5.75 Å². The van der Waals surface area contributed by atoms with E-state index in [9.17, 15) is 13.6 Å². The van der Waals surface area contributed by atoms with Gasteiger partial charge in [0.25, 0.3) is 5.91 Å². The summed E-state index contributed by atoms with van der Waals surface area (Å²) in [6.07, 6.45) is 4.84. The average molecular weight is 298 g/mol. The molecule has 0 bridgehead atoms. The lowest BCUT2D eigenvalue weighted by molar-refractivity contribution is -0.0501. The molecule has 1 fully saturated rings. The summed E-state index contributed by atoms with van der Waals surface area (Å²) in [5.41, 5.74) is 6.16. The van der Waals surface area contributed by atoms with Crippen molar-refractivity contribution >= 4 is 5.91 Å². The van der Waals surface area contributed by atoms with E-state index in [-0.39, 0.29) is 23.4 Å². The molecule has 1 aromatic rings. The molecule has 0 spiro atoms. The standard InChI is InChI=1S/C15H20F2N2O2/c16-15(17)21-13-9-5-4-6-10(13)14(20)19-12-8-3-1-2-7-11(12)18/h4-6,9,11-12,15H,1-3,7-8,18H2,(H,19,20). The van der Waals surface area contributed by atoms with Gasteiger partial charge >= 0.3 is 6.61 Å². The Morgan fingerprint density at radius 2 is 1.95 bits per heavy atom. The van der Waals surface area contributed by atoms with E-state index in [0.717, 1.165) is 32.1 Å². The quantitative estimate of drug-likeness (QED) is 0.840. The van der Waals surface area contributed by atoms with Gasteiger partial charge in [0.05, 0.1) is 5.56 Å². The monoisotopic (exact) mass is 298 g/mol. The van der Waals surface area contributed by atoms with Crippen LogP contribution in [-0.2, 0) is 0 Å². The molecular formula is C15H20F2N2O2. The van der Waals surface area contributed by atoms with Crippen molar-refractivity contribution in [2.75, 3.05) is 0 Å². The number of ether oxygens (including phenoxy) is 1. The van der Waals surface area contributed by atoms with Crippen LogP contribution in [0.15, 0.2) is 24.3 Å². The van der Waals surface area contributed by atoms with Crippen LogP contribution < -0.4 is 15.8 Å². The second kappa shape index (κ2) is 7.36. The molecule has 2 unspecified atom stereocenters. The van der Waals surface area contributed by atoms with E-state index >= 15 is 0 Å². The zero-order valence-corrected chi connectivity index (χ0v) is 11.7. The van der Waals surface area contributed by atoms with Crippen molar-refractivity contribution in [2.24, 2.45) is 5.73 Å². The fourth-order valence-electron chi connectivity index (χ4n) is 2.61. The number of carbonyl (C=O) groups excluding carboxylic acids is 1. The first kappa shape index (κ1) is 15.7. The number of hydrogen-bond donors (Lipinski definition) is 2. The molecule has 1 aliphatic rings. The first-order chi connectivity index (χ1) is 10.1. The minimum Gasteiger partial charge on any atom is -0.434 e. The minimum absolute atomic E-state index is 0.0976. The van der Waals surface area contributed by atoms with Crippen molar-refractivity contribution < 1.29 is 18.3 Å². The van der Waals surface area contributed by atoms with Crippen LogP contribution in [-0.4, -0.2) is 24.6 Å². The molecule has 6 heteroatoms. The summed E-state index contributed by atoms with van der Waals surface area (Å²) in [7, 11) is 0. The van der Waals surface area contributed by atoms with E-state index in [1.807, 2.05) is 0 Å². The van der Waals surface area contributed by atoms with Crippen LogP contribution in [0.1, 0.15) is 42.5 Å². The Morgan fingerprint density at radius 3 is 2.71 bits per heavy atom. The van der Waals surface area contributed by atoms with E-state index in [1.165, 1.54) is 12.1 Å². The Morgan fingerprint density at radius 1 is 1.24 bits per heavy atom. The Hall–Kier alpha value is -1.69. The van der Waals surface area contributed by atoms with Crippen LogP contribution in [0.5, 0.6) is 5.75 Å². The van der Waals surface area contributed by atoms with Crippen molar-refractivity contribution in [2.45, 2.75) is 50.8 Å². The average Bonchev–Trinajstić information content (AvgIpc) is 2.64. The zero-order valence-electron chi connectivity index (χ0n) is 11.7. The molecule has 2 atom stereocenters. The smallest absolute Gasteiger partial charge is 0.387 e. The highest BCUT2D eigenvalue weighted by atomic mass is 19.3. The molecule has 1 amide bonds. The van der Waals surface area contributed by atoms with Crippen molar-refractivity contribution in [1.29, 1.82) is 0 Å². The van der Waals surface area contributed by atoms with Crippen LogP contribution in [0.2, 0.25) is 0 Å². The van der Waals surface area contributed by atoms with E-state index in [4.69, 9.17) is 5.73 Å². The predicted molar refractivity (Wildman–Crippen MR) is 75.4 cm³/mol. The highest BCUT2D eigenvalue weighted by Crippen LogP contribution is 2.22. The number of hydrogen-bond acceptors (Lipinski definition) is 3. The third-order valence-corrected chi connectivity index (χ3v) is 3.73. The molecule has 1 aromatic carbocycles. The normalized spacial score (nSPS) is 22.7. The summed E-state index contributed by atoms with van der Waals surface area (Å²) < 4.78 is 29.1. The van der Waals surface area contributed by atoms with Gasteiger partial charge in [0.15, 0.2) is 0 Å². The third-order valence-electron chi connectivity index (χ3n) is 3.73. The summed E-state index contributed by atoms with van der Waals surface area (Å²) in [6, 6.07) is 5.76. The number of halogens is 2. The van der Waals surface area contributed by atoms with Crippen molar-refractivity contribution in [1.82, 2.24) is 5.32 Å². The molecule has 1 aliphatic carbocycles. The first-order valence-corrected chi connectivity index (χ1v) is 7.18. The van der Waals surface area contributed by atoms with Gasteiger partial charge < -0.3 is 15.8 Å². The van der Waals surface area contributed by atoms with Crippen LogP contribution in [0.25, 0.3) is 0 Å². The maximum Gasteiger partial charge on any atom is 0.387 e. The molecule has 0 aliphatic heterocycles. The van der Waals surface area contributed by atoms with Gasteiger partial charge in [-0.25, -0.2) is 0 Å². The van der Waals surface area contributed by atoms with Crippen LogP contribution >= 0.6 is 0 Å². The van der Waals surface area contributed by atoms with E-state index < -0.39 is 12.5 Å². The molecule has 116 valence electrons. The largest absolute Gasteiger partial charge is 0.434 e. The lowest BCUT2D eigenvalue weighted by Crippen LogP contribution is -2.47. The lowest BCUT2D eigenvalue weighted by Gasteiger charge is -2.23. The third kappa shape index (κ3) is 4.39. The van der Waals surface area contributed by atoms with Gasteiger partial charge in [-0.1, -0.05) is 31.4 Å². The SMILES string of the molecule is NC1CCCCCC1NC(=O)c1ccccc1OC(F)F. The molecule has 21 heavy (non-hydrogen) atoms. The molecule has 0 radical (unpaired) electrons. The Kier molecular flexibility index (Phi) is 5.50. The van der Waals surface area contributed by atoms with Gasteiger partial charge in [0.2, 0.25) is 0 Å². The second-order valence-corrected chi connectivity index (χ2v) is 5.26. The van der Waals surface area contributed by atoms with E-state index in [1.54, 1.807) is 12.1 Å². The fourth-order valence-corrected chi connectivity index (χ4v) is 2.61. The highest BCUT2D eigenvalue weighted by molar-refractivity contribution is 5.97. The maximum atomic E-state index is 12.4. The number of nitrogens with one attached hydrogen (secondary N) is 1. The number of rotatable bonds is 4. The van der Waals surface area contributed by atoms with Crippen molar-refractivity contribution in [3.05, 3.63) is 29.8 Å². The van der Waals surface area contributed by atoms with Gasteiger partial charge in [-0.15, -0.1) is 0 Å². The topological polar surface area (TPSA) is 64.3 Å². The van der Waals surface area contributed by atoms with Crippen LogP contribution in [0.3, 0.4) is 0 Å². The molecule has 1 saturated carbocycles. The van der Waals surface area contributed by atoms with Crippen LogP contribution in [0.4, 0.5) is 8.78 Å². The summed E-state index contributed by atoms with van der Waals surface area (Å²) in [5.74, 6) is -0.541. The molecular weight excluding hydrogens is 278 g/mol. The van der Waals surface area contributed by atoms with Crippen molar-refractivity contribution in [3.8, 4) is 5.75 Å². The Balaban J connectivity index is 2.09. The molecule has 2 rings (SSSR count). The van der Waals surface area contributed by atoms with E-state index in [2.05, 4.69) is 10.1 Å². The number of para-hydroxylation sites is 1. The first-order valence-electron chi connectivity index (χ1n) is 7.18. The summed E-state index contributed by atoms with van der Waals surface area (Å²) in [6.45, 7) is -2.96. The molecule has 3 N–H and O–H groups in total. The number of carbonyl (C=O) groups is 1. The summed E-state index contributed by atoms with van der Waals surface area (Å²) in [4.78, 5) is 12.3. The molecule has 0 saturated heterocycles. The summed E-state index contributed by atoms with van der Waals surface area (Å²) in [5, 5.41) is 2.85. The molecule has 0 heterocycles. The van der Waals surface area contributed by atoms with E-state index in [0.29, 0.717) is 0 Å². The minimum atomic E-state index is -2.96. The number of benzene rings is 1. The Bertz CT molecular complexity index is 482. The molecule has 0 aromatic heterocycles. The highest BCUT2D eigenvalue weighted by Gasteiger charge is 2.24. The number of amides is 1. The van der Waals surface area contributed by atoms with Gasteiger partial charge in [0, 0.05) is 12.1 Å². The molecule has 4 nitrogen and oxygen atoms in total. The number of alkyl halides is 2. The number of nitrogens with two attached hydrogens (primary N) is 1. The zero-order chi connectivity index (χ0) is 15.2.